The molecule has 0 unspecified atom stereocenters. The third-order valence-corrected chi connectivity index (χ3v) is 5.36. The van der Waals surface area contributed by atoms with Crippen LogP contribution in [0.15, 0.2) is 53.4 Å². The van der Waals surface area contributed by atoms with Gasteiger partial charge in [-0.1, -0.05) is 12.1 Å². The topological polar surface area (TPSA) is 107 Å². The number of para-hydroxylation sites is 1. The lowest BCUT2D eigenvalue weighted by atomic mass is 10.1. The molecule has 2 amide bonds. The second-order valence-corrected chi connectivity index (χ2v) is 7.42. The van der Waals surface area contributed by atoms with E-state index >= 15 is 0 Å². The first-order valence-electron chi connectivity index (χ1n) is 7.90. The van der Waals surface area contributed by atoms with Crippen molar-refractivity contribution in [2.75, 3.05) is 9.62 Å². The number of rotatable bonds is 4. The lowest BCUT2D eigenvalue weighted by molar-refractivity contribution is -0.129. The first kappa shape index (κ1) is 17.6. The SMILES string of the molecule is N#Cc1ccccc1NS(=O)(=O)c1ccc(N2C(=O)CCCC2=O)cc1. The molecule has 7 nitrogen and oxygen atoms in total. The minimum atomic E-state index is -3.91. The zero-order valence-electron chi connectivity index (χ0n) is 13.7. The molecule has 0 radical (unpaired) electrons. The minimum Gasteiger partial charge on any atom is -0.278 e. The van der Waals surface area contributed by atoms with Gasteiger partial charge in [-0.15, -0.1) is 0 Å². The molecule has 26 heavy (non-hydrogen) atoms. The highest BCUT2D eigenvalue weighted by Gasteiger charge is 2.27. The third kappa shape index (κ3) is 3.43. The second-order valence-electron chi connectivity index (χ2n) is 5.73. The highest BCUT2D eigenvalue weighted by Crippen LogP contribution is 2.25. The van der Waals surface area contributed by atoms with Crippen LogP contribution in [0.25, 0.3) is 0 Å². The average molecular weight is 369 g/mol. The Morgan fingerprint density at radius 2 is 1.58 bits per heavy atom. The average Bonchev–Trinajstić information content (AvgIpc) is 2.62. The Bertz CT molecular complexity index is 991. The molecule has 0 aliphatic carbocycles. The fraction of sp³-hybridized carbons (Fsp3) is 0.167. The van der Waals surface area contributed by atoms with Crippen molar-refractivity contribution in [1.29, 1.82) is 5.26 Å². The van der Waals surface area contributed by atoms with Gasteiger partial charge in [0, 0.05) is 12.8 Å². The van der Waals surface area contributed by atoms with Crippen LogP contribution < -0.4 is 9.62 Å². The van der Waals surface area contributed by atoms with Crippen molar-refractivity contribution in [2.45, 2.75) is 24.2 Å². The van der Waals surface area contributed by atoms with Crippen LogP contribution in [-0.2, 0) is 19.6 Å². The van der Waals surface area contributed by atoms with Gasteiger partial charge in [0.15, 0.2) is 0 Å². The van der Waals surface area contributed by atoms with E-state index in [1.807, 2.05) is 6.07 Å². The maximum Gasteiger partial charge on any atom is 0.261 e. The van der Waals surface area contributed by atoms with E-state index in [9.17, 15) is 18.0 Å². The molecule has 2 aromatic rings. The lowest BCUT2D eigenvalue weighted by Crippen LogP contribution is -2.40. The molecule has 0 aromatic heterocycles. The Morgan fingerprint density at radius 3 is 2.19 bits per heavy atom. The van der Waals surface area contributed by atoms with Gasteiger partial charge in [0.2, 0.25) is 11.8 Å². The predicted molar refractivity (Wildman–Crippen MR) is 94.8 cm³/mol. The number of hydrogen-bond acceptors (Lipinski definition) is 5. The number of hydrogen-bond donors (Lipinski definition) is 1. The molecule has 0 atom stereocenters. The maximum absolute atomic E-state index is 12.5. The normalized spacial score (nSPS) is 14.8. The van der Waals surface area contributed by atoms with Crippen molar-refractivity contribution in [3.05, 3.63) is 54.1 Å². The molecule has 0 saturated carbocycles. The molecule has 8 heteroatoms. The molecule has 1 aliphatic rings. The van der Waals surface area contributed by atoms with E-state index in [-0.39, 0.29) is 40.8 Å². The number of carbonyl (C=O) groups excluding carboxylic acids is 2. The van der Waals surface area contributed by atoms with Crippen LogP contribution in [0.4, 0.5) is 11.4 Å². The fourth-order valence-corrected chi connectivity index (χ4v) is 3.77. The second kappa shape index (κ2) is 6.98. The van der Waals surface area contributed by atoms with Gasteiger partial charge < -0.3 is 0 Å². The molecule has 3 rings (SSSR count). The minimum absolute atomic E-state index is 0.0362. The number of piperidine rings is 1. The number of imide groups is 1. The van der Waals surface area contributed by atoms with Crippen LogP contribution in [-0.4, -0.2) is 20.2 Å². The van der Waals surface area contributed by atoms with Crippen molar-refractivity contribution in [1.82, 2.24) is 0 Å². The van der Waals surface area contributed by atoms with Crippen LogP contribution >= 0.6 is 0 Å². The van der Waals surface area contributed by atoms with Crippen molar-refractivity contribution in [3.8, 4) is 6.07 Å². The Morgan fingerprint density at radius 1 is 0.962 bits per heavy atom. The number of benzene rings is 2. The summed E-state index contributed by atoms with van der Waals surface area (Å²) >= 11 is 0. The molecule has 1 N–H and O–H groups in total. The van der Waals surface area contributed by atoms with Gasteiger partial charge in [0.25, 0.3) is 10.0 Å². The van der Waals surface area contributed by atoms with Crippen molar-refractivity contribution in [3.63, 3.8) is 0 Å². The quantitative estimate of drug-likeness (QED) is 0.833. The summed E-state index contributed by atoms with van der Waals surface area (Å²) in [5.74, 6) is -0.587. The van der Waals surface area contributed by atoms with E-state index in [1.54, 1.807) is 12.1 Å². The molecule has 0 spiro atoms. The summed E-state index contributed by atoms with van der Waals surface area (Å²) < 4.78 is 27.4. The highest BCUT2D eigenvalue weighted by atomic mass is 32.2. The molecule has 1 saturated heterocycles. The zero-order chi connectivity index (χ0) is 18.7. The predicted octanol–water partition coefficient (Wildman–Crippen LogP) is 2.40. The summed E-state index contributed by atoms with van der Waals surface area (Å²) in [7, 11) is -3.91. The number of anilines is 2. The van der Waals surface area contributed by atoms with Gasteiger partial charge in [-0.3, -0.25) is 19.2 Å². The Kier molecular flexibility index (Phi) is 4.73. The van der Waals surface area contributed by atoms with Crippen molar-refractivity contribution < 1.29 is 18.0 Å². The standard InChI is InChI=1S/C18H15N3O4S/c19-12-13-4-1-2-5-16(13)20-26(24,25)15-10-8-14(9-11-15)21-17(22)6-3-7-18(21)23/h1-2,4-5,8-11,20H,3,6-7H2. The highest BCUT2D eigenvalue weighted by molar-refractivity contribution is 7.92. The smallest absolute Gasteiger partial charge is 0.261 e. The molecule has 2 aromatic carbocycles. The molecule has 1 fully saturated rings. The van der Waals surface area contributed by atoms with Gasteiger partial charge in [0.1, 0.15) is 6.07 Å². The largest absolute Gasteiger partial charge is 0.278 e. The van der Waals surface area contributed by atoms with Crippen LogP contribution in [0, 0.1) is 11.3 Å². The van der Waals surface area contributed by atoms with Crippen LogP contribution in [0.3, 0.4) is 0 Å². The number of amides is 2. The summed E-state index contributed by atoms with van der Waals surface area (Å²) in [5, 5.41) is 9.06. The van der Waals surface area contributed by atoms with E-state index in [1.165, 1.54) is 36.4 Å². The Balaban J connectivity index is 1.87. The summed E-state index contributed by atoms with van der Waals surface area (Å²) in [6, 6.07) is 13.7. The van der Waals surface area contributed by atoms with Gasteiger partial charge in [0.05, 0.1) is 21.8 Å². The number of nitrogens with zero attached hydrogens (tertiary/aromatic N) is 2. The summed E-state index contributed by atoms with van der Waals surface area (Å²) in [5.41, 5.74) is 0.730. The van der Waals surface area contributed by atoms with Crippen LogP contribution in [0.2, 0.25) is 0 Å². The first-order chi connectivity index (χ1) is 12.4. The van der Waals surface area contributed by atoms with Crippen LogP contribution in [0.1, 0.15) is 24.8 Å². The number of carbonyl (C=O) groups is 2. The number of sulfonamides is 1. The summed E-state index contributed by atoms with van der Waals surface area (Å²) in [6.45, 7) is 0. The van der Waals surface area contributed by atoms with Crippen molar-refractivity contribution in [2.24, 2.45) is 0 Å². The van der Waals surface area contributed by atoms with Crippen molar-refractivity contribution >= 4 is 33.2 Å². The molecular weight excluding hydrogens is 354 g/mol. The number of nitrogens with one attached hydrogen (secondary N) is 1. The molecular formula is C18H15N3O4S. The monoisotopic (exact) mass is 369 g/mol. The first-order valence-corrected chi connectivity index (χ1v) is 9.38. The van der Waals surface area contributed by atoms with Gasteiger partial charge >= 0.3 is 0 Å². The molecule has 0 bridgehead atoms. The maximum atomic E-state index is 12.5. The molecule has 1 aliphatic heterocycles. The van der Waals surface area contributed by atoms with Gasteiger partial charge in [-0.2, -0.15) is 5.26 Å². The van der Waals surface area contributed by atoms with Crippen LogP contribution in [0.5, 0.6) is 0 Å². The summed E-state index contributed by atoms with van der Waals surface area (Å²) in [6.07, 6.45) is 1.11. The molecule has 1 heterocycles. The zero-order valence-corrected chi connectivity index (χ0v) is 14.5. The van der Waals surface area contributed by atoms with E-state index in [0.29, 0.717) is 12.1 Å². The number of nitriles is 1. The summed E-state index contributed by atoms with van der Waals surface area (Å²) in [4.78, 5) is 24.9. The van der Waals surface area contributed by atoms with Gasteiger partial charge in [-0.25, -0.2) is 8.42 Å². The van der Waals surface area contributed by atoms with E-state index in [4.69, 9.17) is 5.26 Å². The third-order valence-electron chi connectivity index (χ3n) is 3.98. The Labute approximate surface area is 150 Å². The van der Waals surface area contributed by atoms with Gasteiger partial charge in [-0.05, 0) is 42.8 Å². The molecule has 132 valence electrons. The van der Waals surface area contributed by atoms with E-state index < -0.39 is 10.0 Å². The Hall–Kier alpha value is -3.18. The van der Waals surface area contributed by atoms with E-state index in [0.717, 1.165) is 4.90 Å². The lowest BCUT2D eigenvalue weighted by Gasteiger charge is -2.24. The fourth-order valence-electron chi connectivity index (χ4n) is 2.69. The van der Waals surface area contributed by atoms with E-state index in [2.05, 4.69) is 4.72 Å².